The van der Waals surface area contributed by atoms with Crippen LogP contribution < -0.4 is 0 Å². The summed E-state index contributed by atoms with van der Waals surface area (Å²) in [6, 6.07) is 6.04. The highest BCUT2D eigenvalue weighted by Crippen LogP contribution is 2.22. The van der Waals surface area contributed by atoms with E-state index in [2.05, 4.69) is 0 Å². The molecule has 16 heavy (non-hydrogen) atoms. The number of rotatable bonds is 5. The van der Waals surface area contributed by atoms with Crippen LogP contribution in [0, 0.1) is 5.82 Å². The fourth-order valence-corrected chi connectivity index (χ4v) is 1.56. The van der Waals surface area contributed by atoms with E-state index in [0.717, 1.165) is 0 Å². The third kappa shape index (κ3) is 3.31. The van der Waals surface area contributed by atoms with E-state index in [1.807, 2.05) is 19.0 Å². The maximum absolute atomic E-state index is 13.4. The van der Waals surface area contributed by atoms with Crippen LogP contribution in [-0.2, 0) is 4.79 Å². The molecule has 1 aromatic rings. The molecule has 0 radical (unpaired) electrons. The summed E-state index contributed by atoms with van der Waals surface area (Å²) in [5.74, 6) is -2.20. The Bertz CT molecular complexity index is 366. The van der Waals surface area contributed by atoms with Crippen LogP contribution in [0.15, 0.2) is 24.3 Å². The van der Waals surface area contributed by atoms with Crippen LogP contribution in [-0.4, -0.2) is 36.6 Å². The molecule has 1 unspecified atom stereocenters. The van der Waals surface area contributed by atoms with Crippen molar-refractivity contribution in [3.8, 4) is 0 Å². The molecule has 0 amide bonds. The maximum atomic E-state index is 13.4. The second-order valence-corrected chi connectivity index (χ2v) is 4.00. The SMILES string of the molecule is CN(C)CCC(C(=O)O)c1ccccc1F. The highest BCUT2D eigenvalue weighted by molar-refractivity contribution is 5.76. The summed E-state index contributed by atoms with van der Waals surface area (Å²) in [4.78, 5) is 13.0. The molecule has 0 saturated carbocycles. The van der Waals surface area contributed by atoms with Gasteiger partial charge in [-0.05, 0) is 33.1 Å². The predicted octanol–water partition coefficient (Wildman–Crippen LogP) is 1.95. The van der Waals surface area contributed by atoms with E-state index >= 15 is 0 Å². The molecule has 0 aromatic heterocycles. The van der Waals surface area contributed by atoms with Crippen LogP contribution in [0.2, 0.25) is 0 Å². The monoisotopic (exact) mass is 225 g/mol. The number of hydrogen-bond donors (Lipinski definition) is 1. The highest BCUT2D eigenvalue weighted by atomic mass is 19.1. The fraction of sp³-hybridized carbons (Fsp3) is 0.417. The van der Waals surface area contributed by atoms with Crippen molar-refractivity contribution >= 4 is 5.97 Å². The molecular weight excluding hydrogens is 209 g/mol. The summed E-state index contributed by atoms with van der Waals surface area (Å²) >= 11 is 0. The molecule has 0 aliphatic heterocycles. The van der Waals surface area contributed by atoms with Crippen LogP contribution in [0.4, 0.5) is 4.39 Å². The van der Waals surface area contributed by atoms with Crippen molar-refractivity contribution in [1.29, 1.82) is 0 Å². The first-order chi connectivity index (χ1) is 7.52. The zero-order chi connectivity index (χ0) is 12.1. The molecule has 4 heteroatoms. The summed E-state index contributed by atoms with van der Waals surface area (Å²) in [6.07, 6.45) is 0.406. The summed E-state index contributed by atoms with van der Waals surface area (Å²) in [6.45, 7) is 0.616. The molecule has 1 N–H and O–H groups in total. The van der Waals surface area contributed by atoms with Crippen LogP contribution in [0.1, 0.15) is 17.9 Å². The number of aliphatic carboxylic acids is 1. The number of nitrogens with zero attached hydrogens (tertiary/aromatic N) is 1. The molecule has 3 nitrogen and oxygen atoms in total. The Kier molecular flexibility index (Phi) is 4.43. The average Bonchev–Trinajstić information content (AvgIpc) is 2.20. The zero-order valence-electron chi connectivity index (χ0n) is 9.48. The Hall–Kier alpha value is -1.42. The number of carboxylic acid groups (broad SMARTS) is 1. The van der Waals surface area contributed by atoms with E-state index < -0.39 is 17.7 Å². The molecule has 0 heterocycles. The van der Waals surface area contributed by atoms with Gasteiger partial charge in [-0.3, -0.25) is 4.79 Å². The lowest BCUT2D eigenvalue weighted by Crippen LogP contribution is -2.21. The molecule has 1 atom stereocenters. The van der Waals surface area contributed by atoms with Crippen LogP contribution in [0.3, 0.4) is 0 Å². The van der Waals surface area contributed by atoms with Gasteiger partial charge in [-0.15, -0.1) is 0 Å². The number of halogens is 1. The summed E-state index contributed by atoms with van der Waals surface area (Å²) < 4.78 is 13.4. The van der Waals surface area contributed by atoms with Gasteiger partial charge in [0.1, 0.15) is 5.82 Å². The van der Waals surface area contributed by atoms with E-state index in [1.165, 1.54) is 12.1 Å². The van der Waals surface area contributed by atoms with Crippen molar-refractivity contribution in [1.82, 2.24) is 4.90 Å². The molecular formula is C12H16FNO2. The minimum atomic E-state index is -0.980. The minimum absolute atomic E-state index is 0.261. The minimum Gasteiger partial charge on any atom is -0.481 e. The molecule has 1 aromatic carbocycles. The van der Waals surface area contributed by atoms with Crippen molar-refractivity contribution in [2.75, 3.05) is 20.6 Å². The molecule has 0 bridgehead atoms. The van der Waals surface area contributed by atoms with Gasteiger partial charge in [0.15, 0.2) is 0 Å². The second-order valence-electron chi connectivity index (χ2n) is 4.00. The lowest BCUT2D eigenvalue weighted by Gasteiger charge is -2.16. The van der Waals surface area contributed by atoms with E-state index in [0.29, 0.717) is 13.0 Å². The quantitative estimate of drug-likeness (QED) is 0.832. The summed E-state index contributed by atoms with van der Waals surface area (Å²) in [7, 11) is 3.72. The normalized spacial score (nSPS) is 12.8. The van der Waals surface area contributed by atoms with Gasteiger partial charge in [0.25, 0.3) is 0 Å². The van der Waals surface area contributed by atoms with Crippen molar-refractivity contribution in [3.63, 3.8) is 0 Å². The first kappa shape index (κ1) is 12.6. The molecule has 0 spiro atoms. The van der Waals surface area contributed by atoms with Crippen molar-refractivity contribution in [2.45, 2.75) is 12.3 Å². The van der Waals surface area contributed by atoms with Crippen LogP contribution in [0.25, 0.3) is 0 Å². The number of hydrogen-bond acceptors (Lipinski definition) is 2. The molecule has 0 aliphatic carbocycles. The Morgan fingerprint density at radius 2 is 2.06 bits per heavy atom. The largest absolute Gasteiger partial charge is 0.481 e. The Balaban J connectivity index is 2.86. The fourth-order valence-electron chi connectivity index (χ4n) is 1.56. The standard InChI is InChI=1S/C12H16FNO2/c1-14(2)8-7-10(12(15)16)9-5-3-4-6-11(9)13/h3-6,10H,7-8H2,1-2H3,(H,15,16). The Labute approximate surface area is 94.5 Å². The number of carbonyl (C=O) groups is 1. The molecule has 88 valence electrons. The topological polar surface area (TPSA) is 40.5 Å². The van der Waals surface area contributed by atoms with E-state index in [9.17, 15) is 9.18 Å². The molecule has 0 fully saturated rings. The van der Waals surface area contributed by atoms with Gasteiger partial charge < -0.3 is 10.0 Å². The van der Waals surface area contributed by atoms with Gasteiger partial charge in [-0.1, -0.05) is 18.2 Å². The molecule has 1 rings (SSSR count). The third-order valence-corrected chi connectivity index (χ3v) is 2.44. The Morgan fingerprint density at radius 1 is 1.44 bits per heavy atom. The van der Waals surface area contributed by atoms with E-state index in [1.54, 1.807) is 12.1 Å². The highest BCUT2D eigenvalue weighted by Gasteiger charge is 2.22. The molecule has 0 aliphatic rings. The predicted molar refractivity (Wildman–Crippen MR) is 59.9 cm³/mol. The van der Waals surface area contributed by atoms with Crippen molar-refractivity contribution < 1.29 is 14.3 Å². The second kappa shape index (κ2) is 5.61. The Morgan fingerprint density at radius 3 is 2.56 bits per heavy atom. The first-order valence-electron chi connectivity index (χ1n) is 5.14. The van der Waals surface area contributed by atoms with Crippen molar-refractivity contribution in [2.24, 2.45) is 0 Å². The number of carboxylic acids is 1. The van der Waals surface area contributed by atoms with E-state index in [4.69, 9.17) is 5.11 Å². The van der Waals surface area contributed by atoms with Gasteiger partial charge in [-0.2, -0.15) is 0 Å². The summed E-state index contributed by atoms with van der Waals surface area (Å²) in [5.41, 5.74) is 0.261. The summed E-state index contributed by atoms with van der Waals surface area (Å²) in [5, 5.41) is 9.08. The zero-order valence-corrected chi connectivity index (χ0v) is 9.48. The van der Waals surface area contributed by atoms with Crippen molar-refractivity contribution in [3.05, 3.63) is 35.6 Å². The number of benzene rings is 1. The lowest BCUT2D eigenvalue weighted by atomic mass is 9.95. The van der Waals surface area contributed by atoms with Crippen LogP contribution >= 0.6 is 0 Å². The van der Waals surface area contributed by atoms with Gasteiger partial charge in [0.2, 0.25) is 0 Å². The lowest BCUT2D eigenvalue weighted by molar-refractivity contribution is -0.139. The smallest absolute Gasteiger partial charge is 0.311 e. The first-order valence-corrected chi connectivity index (χ1v) is 5.14. The van der Waals surface area contributed by atoms with E-state index in [-0.39, 0.29) is 5.56 Å². The molecule has 0 saturated heterocycles. The van der Waals surface area contributed by atoms with Gasteiger partial charge >= 0.3 is 5.97 Å². The van der Waals surface area contributed by atoms with Gasteiger partial charge in [-0.25, -0.2) is 4.39 Å². The average molecular weight is 225 g/mol. The van der Waals surface area contributed by atoms with Gasteiger partial charge in [0, 0.05) is 5.56 Å². The maximum Gasteiger partial charge on any atom is 0.311 e. The van der Waals surface area contributed by atoms with Gasteiger partial charge in [0.05, 0.1) is 5.92 Å². The van der Waals surface area contributed by atoms with Crippen LogP contribution in [0.5, 0.6) is 0 Å². The third-order valence-electron chi connectivity index (χ3n) is 2.44.